The van der Waals surface area contributed by atoms with Gasteiger partial charge in [0.05, 0.1) is 6.54 Å². The van der Waals surface area contributed by atoms with Crippen LogP contribution in [0.15, 0.2) is 65.5 Å². The van der Waals surface area contributed by atoms with E-state index in [1.165, 1.54) is 16.8 Å². The number of rotatable bonds is 4. The molecule has 0 aliphatic carbocycles. The maximum Gasteiger partial charge on any atom is 0.278 e. The van der Waals surface area contributed by atoms with Gasteiger partial charge in [-0.3, -0.25) is 14.4 Å². The zero-order valence-electron chi connectivity index (χ0n) is 17.9. The van der Waals surface area contributed by atoms with Gasteiger partial charge in [0.1, 0.15) is 5.69 Å². The second-order valence-electron chi connectivity index (χ2n) is 8.31. The van der Waals surface area contributed by atoms with Crippen molar-refractivity contribution < 1.29 is 9.59 Å². The van der Waals surface area contributed by atoms with Crippen molar-refractivity contribution in [3.8, 4) is 0 Å². The first-order valence-electron chi connectivity index (χ1n) is 10.9. The van der Waals surface area contributed by atoms with Crippen molar-refractivity contribution in [1.29, 1.82) is 0 Å². The van der Waals surface area contributed by atoms with Gasteiger partial charge in [-0.05, 0) is 49.1 Å². The third-order valence-electron chi connectivity index (χ3n) is 6.24. The molecule has 0 saturated carbocycles. The molecule has 0 radical (unpaired) electrons. The number of nitrogens with zero attached hydrogens (tertiary/aromatic N) is 4. The molecule has 5 rings (SSSR count). The SMILES string of the molecule is C[C@H]1Cc2ccccc2N1C(=O)c1ccc(=O)n(CCC(=O)N2CCc3ccccc32)n1. The Morgan fingerprint density at radius 1 is 0.969 bits per heavy atom. The molecule has 0 saturated heterocycles. The molecular weight excluding hydrogens is 404 g/mol. The molecule has 0 unspecified atom stereocenters. The summed E-state index contributed by atoms with van der Waals surface area (Å²) in [6, 6.07) is 18.5. The first-order chi connectivity index (χ1) is 15.5. The van der Waals surface area contributed by atoms with E-state index >= 15 is 0 Å². The van der Waals surface area contributed by atoms with Crippen LogP contribution in [-0.2, 0) is 24.2 Å². The number of anilines is 2. The Hall–Kier alpha value is -3.74. The summed E-state index contributed by atoms with van der Waals surface area (Å²) in [5.74, 6) is -0.293. The van der Waals surface area contributed by atoms with E-state index < -0.39 is 0 Å². The molecule has 2 amide bonds. The number of carbonyl (C=O) groups excluding carboxylic acids is 2. The number of carbonyl (C=O) groups is 2. The Morgan fingerprint density at radius 2 is 1.69 bits per heavy atom. The van der Waals surface area contributed by atoms with E-state index in [1.54, 1.807) is 9.80 Å². The number of amides is 2. The van der Waals surface area contributed by atoms with Gasteiger partial charge in [0, 0.05) is 36.4 Å². The first kappa shape index (κ1) is 20.2. The van der Waals surface area contributed by atoms with Crippen molar-refractivity contribution in [2.75, 3.05) is 16.3 Å². The third-order valence-corrected chi connectivity index (χ3v) is 6.24. The highest BCUT2D eigenvalue weighted by molar-refractivity contribution is 6.06. The zero-order chi connectivity index (χ0) is 22.2. The second-order valence-corrected chi connectivity index (χ2v) is 8.31. The summed E-state index contributed by atoms with van der Waals surface area (Å²) in [4.78, 5) is 41.9. The zero-order valence-corrected chi connectivity index (χ0v) is 17.9. The molecule has 2 aromatic carbocycles. The van der Waals surface area contributed by atoms with E-state index in [0.29, 0.717) is 6.54 Å². The lowest BCUT2D eigenvalue weighted by atomic mass is 10.1. The second kappa shape index (κ2) is 8.07. The van der Waals surface area contributed by atoms with Crippen molar-refractivity contribution in [2.24, 2.45) is 0 Å². The maximum absolute atomic E-state index is 13.2. The van der Waals surface area contributed by atoms with Gasteiger partial charge in [-0.15, -0.1) is 0 Å². The van der Waals surface area contributed by atoms with Crippen molar-refractivity contribution >= 4 is 23.2 Å². The molecule has 7 heteroatoms. The van der Waals surface area contributed by atoms with Gasteiger partial charge in [-0.25, -0.2) is 4.68 Å². The molecule has 32 heavy (non-hydrogen) atoms. The normalized spacial score (nSPS) is 16.7. The molecule has 2 aliphatic rings. The number of aromatic nitrogens is 2. The fraction of sp³-hybridized carbons (Fsp3) is 0.280. The molecule has 7 nitrogen and oxygen atoms in total. The minimum atomic E-state index is -0.328. The molecule has 2 aliphatic heterocycles. The summed E-state index contributed by atoms with van der Waals surface area (Å²) < 4.78 is 1.22. The fourth-order valence-corrected chi connectivity index (χ4v) is 4.66. The third kappa shape index (κ3) is 3.49. The number of para-hydroxylation sites is 2. The largest absolute Gasteiger partial charge is 0.312 e. The van der Waals surface area contributed by atoms with E-state index in [-0.39, 0.29) is 42.1 Å². The quantitative estimate of drug-likeness (QED) is 0.640. The molecule has 3 aromatic rings. The van der Waals surface area contributed by atoms with Gasteiger partial charge in [0.15, 0.2) is 0 Å². The molecule has 0 N–H and O–H groups in total. The molecule has 0 bridgehead atoms. The molecular formula is C25H24N4O3. The summed E-state index contributed by atoms with van der Waals surface area (Å²) in [6.45, 7) is 2.77. The van der Waals surface area contributed by atoms with Gasteiger partial charge in [0.25, 0.3) is 11.5 Å². The number of hydrogen-bond acceptors (Lipinski definition) is 4. The Morgan fingerprint density at radius 3 is 2.50 bits per heavy atom. The smallest absolute Gasteiger partial charge is 0.278 e. The van der Waals surface area contributed by atoms with Crippen molar-refractivity contribution in [2.45, 2.75) is 38.8 Å². The molecule has 1 atom stereocenters. The number of fused-ring (bicyclic) bond motifs is 2. The summed E-state index contributed by atoms with van der Waals surface area (Å²) in [5.41, 5.74) is 3.97. The van der Waals surface area contributed by atoms with Crippen LogP contribution >= 0.6 is 0 Å². The molecule has 0 fully saturated rings. The summed E-state index contributed by atoms with van der Waals surface area (Å²) >= 11 is 0. The summed E-state index contributed by atoms with van der Waals surface area (Å²) in [5, 5.41) is 4.31. The van der Waals surface area contributed by atoms with E-state index in [4.69, 9.17) is 0 Å². The van der Waals surface area contributed by atoms with Crippen molar-refractivity contribution in [3.63, 3.8) is 0 Å². The van der Waals surface area contributed by atoms with Crippen LogP contribution in [0, 0.1) is 0 Å². The highest BCUT2D eigenvalue weighted by Gasteiger charge is 2.32. The van der Waals surface area contributed by atoms with Crippen LogP contribution in [0.25, 0.3) is 0 Å². The molecule has 162 valence electrons. The van der Waals surface area contributed by atoms with Crippen LogP contribution in [0.4, 0.5) is 11.4 Å². The molecule has 3 heterocycles. The molecule has 1 aromatic heterocycles. The molecule has 0 spiro atoms. The lowest BCUT2D eigenvalue weighted by Crippen LogP contribution is -2.38. The van der Waals surface area contributed by atoms with Gasteiger partial charge in [-0.2, -0.15) is 5.10 Å². The number of hydrogen-bond donors (Lipinski definition) is 0. The Balaban J connectivity index is 1.33. The Labute approximate surface area is 185 Å². The predicted octanol–water partition coefficient (Wildman–Crippen LogP) is 2.81. The van der Waals surface area contributed by atoms with E-state index in [9.17, 15) is 14.4 Å². The van der Waals surface area contributed by atoms with E-state index in [1.807, 2.05) is 55.5 Å². The first-order valence-corrected chi connectivity index (χ1v) is 10.9. The van der Waals surface area contributed by atoms with Crippen LogP contribution < -0.4 is 15.4 Å². The van der Waals surface area contributed by atoms with Crippen LogP contribution in [-0.4, -0.2) is 34.2 Å². The summed E-state index contributed by atoms with van der Waals surface area (Å²) in [6.07, 6.45) is 1.76. The standard InChI is InChI=1S/C25H24N4O3/c1-17-16-19-7-3-5-9-22(19)29(17)25(32)20-10-11-24(31)28(26-20)15-13-23(30)27-14-12-18-6-2-4-8-21(18)27/h2-11,17H,12-16H2,1H3/t17-/m0/s1. The van der Waals surface area contributed by atoms with Crippen LogP contribution in [0.1, 0.15) is 35.0 Å². The number of benzene rings is 2. The maximum atomic E-state index is 13.2. The lowest BCUT2D eigenvalue weighted by molar-refractivity contribution is -0.118. The van der Waals surface area contributed by atoms with Gasteiger partial charge in [-0.1, -0.05) is 36.4 Å². The fourth-order valence-electron chi connectivity index (χ4n) is 4.66. The highest BCUT2D eigenvalue weighted by atomic mass is 16.2. The van der Waals surface area contributed by atoms with Gasteiger partial charge >= 0.3 is 0 Å². The monoisotopic (exact) mass is 428 g/mol. The van der Waals surface area contributed by atoms with Crippen LogP contribution in [0.5, 0.6) is 0 Å². The Kier molecular flexibility index (Phi) is 5.09. The minimum Gasteiger partial charge on any atom is -0.312 e. The van der Waals surface area contributed by atoms with Crippen molar-refractivity contribution in [1.82, 2.24) is 9.78 Å². The number of aryl methyl sites for hydroxylation is 1. The Bertz CT molecular complexity index is 1270. The summed E-state index contributed by atoms with van der Waals surface area (Å²) in [7, 11) is 0. The highest BCUT2D eigenvalue weighted by Crippen LogP contribution is 2.32. The van der Waals surface area contributed by atoms with Crippen molar-refractivity contribution in [3.05, 3.63) is 87.8 Å². The topological polar surface area (TPSA) is 75.5 Å². The lowest BCUT2D eigenvalue weighted by Gasteiger charge is -2.22. The van der Waals surface area contributed by atoms with Crippen LogP contribution in [0.2, 0.25) is 0 Å². The average Bonchev–Trinajstić information content (AvgIpc) is 3.38. The van der Waals surface area contributed by atoms with Gasteiger partial charge in [0.2, 0.25) is 5.91 Å². The van der Waals surface area contributed by atoms with Gasteiger partial charge < -0.3 is 9.80 Å². The van der Waals surface area contributed by atoms with Crippen LogP contribution in [0.3, 0.4) is 0 Å². The van der Waals surface area contributed by atoms with E-state index in [2.05, 4.69) is 5.10 Å². The predicted molar refractivity (Wildman–Crippen MR) is 122 cm³/mol. The van der Waals surface area contributed by atoms with E-state index in [0.717, 1.165) is 35.3 Å². The average molecular weight is 428 g/mol. The minimum absolute atomic E-state index is 0.0129.